The Labute approximate surface area is 99.0 Å². The molecule has 2 N–H and O–H groups in total. The van der Waals surface area contributed by atoms with Gasteiger partial charge in [0.05, 0.1) is 10.9 Å². The first-order valence-corrected chi connectivity index (χ1v) is 5.16. The van der Waals surface area contributed by atoms with Gasteiger partial charge in [0.1, 0.15) is 5.82 Å². The number of benzene rings is 1. The monoisotopic (exact) mass is 240 g/mol. The molecule has 1 unspecified atom stereocenters. The maximum absolute atomic E-state index is 12.7. The topological polar surface area (TPSA) is 46.3 Å². The van der Waals surface area contributed by atoms with Crippen LogP contribution in [0, 0.1) is 11.7 Å². The molecule has 0 bridgehead atoms. The van der Waals surface area contributed by atoms with Gasteiger partial charge in [-0.2, -0.15) is 0 Å². The molecule has 0 fully saturated rings. The number of rotatable bonds is 3. The zero-order valence-corrected chi connectivity index (χ0v) is 9.92. The van der Waals surface area contributed by atoms with E-state index in [0.29, 0.717) is 5.69 Å². The van der Waals surface area contributed by atoms with Crippen molar-refractivity contribution >= 4 is 28.8 Å². The molecule has 1 amide bonds. The molecule has 16 heavy (non-hydrogen) atoms. The second kappa shape index (κ2) is 5.03. The average molecular weight is 240 g/mol. The molecule has 0 saturated carbocycles. The van der Waals surface area contributed by atoms with E-state index in [-0.39, 0.29) is 16.7 Å². The van der Waals surface area contributed by atoms with Crippen molar-refractivity contribution in [2.45, 2.75) is 6.92 Å². The van der Waals surface area contributed by atoms with Crippen LogP contribution in [0.5, 0.6) is 0 Å². The number of anilines is 1. The Bertz CT molecular complexity index is 405. The Morgan fingerprint density at radius 3 is 2.38 bits per heavy atom. The van der Waals surface area contributed by atoms with E-state index in [1.54, 1.807) is 14.0 Å². The van der Waals surface area contributed by atoms with Crippen molar-refractivity contribution in [1.29, 1.82) is 0 Å². The Kier molecular flexibility index (Phi) is 3.95. The third kappa shape index (κ3) is 2.76. The zero-order valence-electron chi connectivity index (χ0n) is 9.11. The van der Waals surface area contributed by atoms with Crippen molar-refractivity contribution in [3.63, 3.8) is 0 Å². The van der Waals surface area contributed by atoms with Crippen molar-refractivity contribution in [2.75, 3.05) is 11.9 Å². The molecule has 1 aromatic carbocycles. The van der Waals surface area contributed by atoms with Crippen LogP contribution >= 0.6 is 12.2 Å². The summed E-state index contributed by atoms with van der Waals surface area (Å²) in [5, 5.41) is 0. The molecule has 0 aliphatic rings. The normalized spacial score (nSPS) is 11.9. The largest absolute Gasteiger partial charge is 0.393 e. The maximum atomic E-state index is 12.7. The number of thiocarbonyl (C=S) groups is 1. The van der Waals surface area contributed by atoms with E-state index in [1.807, 2.05) is 0 Å². The number of halogens is 1. The van der Waals surface area contributed by atoms with Crippen LogP contribution in [0.15, 0.2) is 24.3 Å². The van der Waals surface area contributed by atoms with Crippen molar-refractivity contribution < 1.29 is 9.18 Å². The number of nitrogens with zero attached hydrogens (tertiary/aromatic N) is 1. The molecule has 0 aromatic heterocycles. The highest BCUT2D eigenvalue weighted by molar-refractivity contribution is 7.80. The predicted molar refractivity (Wildman–Crippen MR) is 65.8 cm³/mol. The number of carbonyl (C=O) groups excluding carboxylic acids is 1. The third-order valence-electron chi connectivity index (χ3n) is 2.34. The van der Waals surface area contributed by atoms with Gasteiger partial charge in [-0.1, -0.05) is 12.2 Å². The summed E-state index contributed by atoms with van der Waals surface area (Å²) in [6.07, 6.45) is 0. The first-order chi connectivity index (χ1) is 7.43. The minimum atomic E-state index is -0.523. The summed E-state index contributed by atoms with van der Waals surface area (Å²) in [5.74, 6) is -1.07. The molecule has 3 nitrogen and oxygen atoms in total. The highest BCUT2D eigenvalue weighted by Crippen LogP contribution is 2.15. The molecule has 0 aliphatic carbocycles. The molecular formula is C11H13FN2OS. The van der Waals surface area contributed by atoms with E-state index in [0.717, 1.165) is 0 Å². The molecule has 86 valence electrons. The van der Waals surface area contributed by atoms with E-state index in [4.69, 9.17) is 18.0 Å². The number of hydrogen-bond donors (Lipinski definition) is 1. The third-order valence-corrected chi connectivity index (χ3v) is 2.70. The lowest BCUT2D eigenvalue weighted by Crippen LogP contribution is -2.37. The predicted octanol–water partition coefficient (Wildman–Crippen LogP) is 1.71. The van der Waals surface area contributed by atoms with Gasteiger partial charge in [0.25, 0.3) is 0 Å². The molecule has 5 heteroatoms. The first-order valence-electron chi connectivity index (χ1n) is 4.76. The lowest BCUT2D eigenvalue weighted by Gasteiger charge is -2.20. The fourth-order valence-corrected chi connectivity index (χ4v) is 1.30. The quantitative estimate of drug-likeness (QED) is 0.818. The minimum Gasteiger partial charge on any atom is -0.393 e. The molecule has 0 heterocycles. The summed E-state index contributed by atoms with van der Waals surface area (Å²) in [6, 6.07) is 5.65. The second-order valence-corrected chi connectivity index (χ2v) is 3.97. The molecule has 0 radical (unpaired) electrons. The van der Waals surface area contributed by atoms with E-state index >= 15 is 0 Å². The Morgan fingerprint density at radius 1 is 1.44 bits per heavy atom. The summed E-state index contributed by atoms with van der Waals surface area (Å²) in [5.41, 5.74) is 6.01. The summed E-state index contributed by atoms with van der Waals surface area (Å²) in [4.78, 5) is 13.4. The molecular weight excluding hydrogens is 227 g/mol. The van der Waals surface area contributed by atoms with Gasteiger partial charge in [0.2, 0.25) is 5.91 Å². The van der Waals surface area contributed by atoms with Crippen molar-refractivity contribution in [2.24, 2.45) is 11.7 Å². The van der Waals surface area contributed by atoms with Crippen LogP contribution in [-0.2, 0) is 4.79 Å². The van der Waals surface area contributed by atoms with Crippen LogP contribution in [0.4, 0.5) is 10.1 Å². The molecule has 0 spiro atoms. The molecule has 1 rings (SSSR count). The first kappa shape index (κ1) is 12.6. The average Bonchev–Trinajstić information content (AvgIpc) is 2.27. The lowest BCUT2D eigenvalue weighted by molar-refractivity contribution is -0.119. The molecule has 1 atom stereocenters. The standard InChI is InChI=1S/C11H13FN2OS/c1-7(10(13)16)11(15)14(2)9-5-3-8(12)4-6-9/h3-7H,1-2H3,(H2,13,16). The number of amides is 1. The van der Waals surface area contributed by atoms with Gasteiger partial charge in [-0.3, -0.25) is 4.79 Å². The highest BCUT2D eigenvalue weighted by atomic mass is 32.1. The minimum absolute atomic E-state index is 0.152. The van der Waals surface area contributed by atoms with Gasteiger partial charge in [-0.15, -0.1) is 0 Å². The molecule has 0 aliphatic heterocycles. The summed E-state index contributed by atoms with van der Waals surface area (Å²) >= 11 is 4.75. The van der Waals surface area contributed by atoms with Crippen LogP contribution in [0.2, 0.25) is 0 Å². The fraction of sp³-hybridized carbons (Fsp3) is 0.273. The van der Waals surface area contributed by atoms with E-state index in [2.05, 4.69) is 0 Å². The Hall–Kier alpha value is -1.49. The zero-order chi connectivity index (χ0) is 12.3. The van der Waals surface area contributed by atoms with E-state index in [9.17, 15) is 9.18 Å². The second-order valence-electron chi connectivity index (χ2n) is 3.50. The SMILES string of the molecule is CC(C(=O)N(C)c1ccc(F)cc1)C(N)=S. The summed E-state index contributed by atoms with van der Waals surface area (Å²) in [6.45, 7) is 1.64. The van der Waals surface area contributed by atoms with Gasteiger partial charge >= 0.3 is 0 Å². The fourth-order valence-electron chi connectivity index (χ4n) is 1.20. The summed E-state index contributed by atoms with van der Waals surface area (Å²) in [7, 11) is 1.60. The Morgan fingerprint density at radius 2 is 1.94 bits per heavy atom. The van der Waals surface area contributed by atoms with Crippen LogP contribution in [0.25, 0.3) is 0 Å². The van der Waals surface area contributed by atoms with Crippen LogP contribution in [0.3, 0.4) is 0 Å². The maximum Gasteiger partial charge on any atom is 0.236 e. The number of carbonyl (C=O) groups is 1. The van der Waals surface area contributed by atoms with Crippen molar-refractivity contribution in [3.05, 3.63) is 30.1 Å². The summed E-state index contributed by atoms with van der Waals surface area (Å²) < 4.78 is 12.7. The van der Waals surface area contributed by atoms with Crippen molar-refractivity contribution in [1.82, 2.24) is 0 Å². The highest BCUT2D eigenvalue weighted by Gasteiger charge is 2.20. The Balaban J connectivity index is 2.85. The van der Waals surface area contributed by atoms with E-state index < -0.39 is 5.92 Å². The number of nitrogens with two attached hydrogens (primary N) is 1. The van der Waals surface area contributed by atoms with Crippen LogP contribution in [-0.4, -0.2) is 17.9 Å². The van der Waals surface area contributed by atoms with Gasteiger partial charge < -0.3 is 10.6 Å². The van der Waals surface area contributed by atoms with Crippen molar-refractivity contribution in [3.8, 4) is 0 Å². The smallest absolute Gasteiger partial charge is 0.236 e. The van der Waals surface area contributed by atoms with Gasteiger partial charge in [-0.05, 0) is 31.2 Å². The van der Waals surface area contributed by atoms with Crippen LogP contribution in [0.1, 0.15) is 6.92 Å². The number of hydrogen-bond acceptors (Lipinski definition) is 2. The van der Waals surface area contributed by atoms with Crippen LogP contribution < -0.4 is 10.6 Å². The van der Waals surface area contributed by atoms with Gasteiger partial charge in [-0.25, -0.2) is 4.39 Å². The van der Waals surface area contributed by atoms with Gasteiger partial charge in [0.15, 0.2) is 0 Å². The molecule has 1 aromatic rings. The van der Waals surface area contributed by atoms with Gasteiger partial charge in [0, 0.05) is 12.7 Å². The van der Waals surface area contributed by atoms with E-state index in [1.165, 1.54) is 29.2 Å². The molecule has 0 saturated heterocycles. The lowest BCUT2D eigenvalue weighted by atomic mass is 10.1.